The molecule has 1 heterocycles. The Morgan fingerprint density at radius 2 is 1.67 bits per heavy atom. The second kappa shape index (κ2) is 6.29. The first-order valence-corrected chi connectivity index (χ1v) is 8.06. The third-order valence-electron chi connectivity index (χ3n) is 5.38. The van der Waals surface area contributed by atoms with Crippen LogP contribution in [-0.2, 0) is 0 Å². The van der Waals surface area contributed by atoms with Gasteiger partial charge in [-0.2, -0.15) is 26.3 Å². The lowest BCUT2D eigenvalue weighted by molar-refractivity contribution is -0.334. The highest BCUT2D eigenvalue weighted by Gasteiger charge is 2.73. The van der Waals surface area contributed by atoms with E-state index in [0.717, 1.165) is 12.8 Å². The summed E-state index contributed by atoms with van der Waals surface area (Å²) in [5.41, 5.74) is -3.83. The van der Waals surface area contributed by atoms with Gasteiger partial charge in [-0.05, 0) is 37.5 Å². The number of rotatable bonds is 1. The Morgan fingerprint density at radius 1 is 1.08 bits per heavy atom. The van der Waals surface area contributed by atoms with Crippen LogP contribution in [0.2, 0.25) is 0 Å². The number of hydrogen-bond donors (Lipinski definition) is 1. The fourth-order valence-electron chi connectivity index (χ4n) is 3.74. The van der Waals surface area contributed by atoms with Crippen LogP contribution >= 0.6 is 0 Å². The minimum Gasteiger partial charge on any atom is -0.335 e. The predicted molar refractivity (Wildman–Crippen MR) is 75.2 cm³/mol. The van der Waals surface area contributed by atoms with E-state index in [-0.39, 0.29) is 12.0 Å². The highest BCUT2D eigenvalue weighted by atomic mass is 19.4. The normalized spacial score (nSPS) is 31.2. The zero-order valence-corrected chi connectivity index (χ0v) is 13.6. The summed E-state index contributed by atoms with van der Waals surface area (Å²) in [5.74, 6) is 0.651. The molecule has 2 rings (SSSR count). The average molecular weight is 360 g/mol. The molecule has 2 aliphatic rings. The third kappa shape index (κ3) is 3.44. The lowest BCUT2D eigenvalue weighted by atomic mass is 9.80. The summed E-state index contributed by atoms with van der Waals surface area (Å²) in [6, 6.07) is -1.04. The van der Waals surface area contributed by atoms with Crippen molar-refractivity contribution in [2.45, 2.75) is 57.9 Å². The van der Waals surface area contributed by atoms with E-state index in [4.69, 9.17) is 0 Å². The van der Waals surface area contributed by atoms with Gasteiger partial charge in [0.2, 0.25) is 0 Å². The molecule has 0 aromatic rings. The van der Waals surface area contributed by atoms with E-state index in [1.807, 2.05) is 6.92 Å². The Labute approximate surface area is 136 Å². The van der Waals surface area contributed by atoms with Crippen LogP contribution in [0, 0.1) is 17.3 Å². The number of carbonyl (C=O) groups excluding carboxylic acids is 1. The predicted octanol–water partition coefficient (Wildman–Crippen LogP) is 4.34. The summed E-state index contributed by atoms with van der Waals surface area (Å²) in [7, 11) is 0. The molecule has 0 aromatic carbocycles. The number of hydrogen-bond acceptors (Lipinski definition) is 1. The number of nitrogens with one attached hydrogen (secondary N) is 1. The van der Waals surface area contributed by atoms with Crippen molar-refractivity contribution in [3.63, 3.8) is 0 Å². The maximum absolute atomic E-state index is 13.0. The second-order valence-corrected chi connectivity index (χ2v) is 7.20. The van der Waals surface area contributed by atoms with Gasteiger partial charge in [0.1, 0.15) is 0 Å². The van der Waals surface area contributed by atoms with E-state index in [1.54, 1.807) is 0 Å². The van der Waals surface area contributed by atoms with Crippen LogP contribution in [0.15, 0.2) is 0 Å². The molecule has 0 unspecified atom stereocenters. The first-order chi connectivity index (χ1) is 10.9. The van der Waals surface area contributed by atoms with Crippen molar-refractivity contribution in [2.75, 3.05) is 13.1 Å². The quantitative estimate of drug-likeness (QED) is 0.694. The molecule has 9 heteroatoms. The zero-order valence-electron chi connectivity index (χ0n) is 13.6. The summed E-state index contributed by atoms with van der Waals surface area (Å²) < 4.78 is 78.2. The van der Waals surface area contributed by atoms with Gasteiger partial charge in [0, 0.05) is 19.1 Å². The molecule has 0 radical (unpaired) electrons. The number of urea groups is 1. The maximum atomic E-state index is 13.0. The lowest BCUT2D eigenvalue weighted by Gasteiger charge is -2.35. The van der Waals surface area contributed by atoms with Crippen LogP contribution in [0.25, 0.3) is 0 Å². The average Bonchev–Trinajstić information content (AvgIpc) is 2.87. The number of alkyl halides is 6. The second-order valence-electron chi connectivity index (χ2n) is 7.20. The number of nitrogens with zero attached hydrogens (tertiary/aromatic N) is 1. The molecule has 3 atom stereocenters. The number of amides is 2. The van der Waals surface area contributed by atoms with Gasteiger partial charge in [0.25, 0.3) is 0 Å². The molecule has 0 aromatic heterocycles. The molecular formula is C15H22F6N2O. The minimum absolute atomic E-state index is 0.148. The van der Waals surface area contributed by atoms with Gasteiger partial charge >= 0.3 is 18.4 Å². The molecule has 2 fully saturated rings. The van der Waals surface area contributed by atoms with E-state index in [2.05, 4.69) is 12.2 Å². The molecule has 1 aliphatic heterocycles. The van der Waals surface area contributed by atoms with E-state index in [9.17, 15) is 31.1 Å². The monoisotopic (exact) mass is 360 g/mol. The Morgan fingerprint density at radius 3 is 2.12 bits per heavy atom. The van der Waals surface area contributed by atoms with Gasteiger partial charge in [-0.3, -0.25) is 0 Å². The molecular weight excluding hydrogens is 338 g/mol. The molecule has 140 valence electrons. The van der Waals surface area contributed by atoms with Crippen LogP contribution < -0.4 is 5.32 Å². The van der Waals surface area contributed by atoms with Gasteiger partial charge in [-0.1, -0.05) is 13.8 Å². The Hall–Kier alpha value is -1.15. The molecule has 1 saturated heterocycles. The molecule has 1 saturated carbocycles. The maximum Gasteiger partial charge on any atom is 0.404 e. The molecule has 3 nitrogen and oxygen atoms in total. The highest BCUT2D eigenvalue weighted by Crippen LogP contribution is 2.55. The minimum atomic E-state index is -5.44. The molecule has 1 N–H and O–H groups in total. The molecule has 0 bridgehead atoms. The summed E-state index contributed by atoms with van der Waals surface area (Å²) in [4.78, 5) is 12.8. The van der Waals surface area contributed by atoms with Crippen molar-refractivity contribution in [3.05, 3.63) is 0 Å². The topological polar surface area (TPSA) is 32.3 Å². The number of carbonyl (C=O) groups is 1. The molecule has 1 aliphatic carbocycles. The Bertz CT molecular complexity index is 462. The Kier molecular flexibility index (Phi) is 5.03. The standard InChI is InChI=1S/C15H22F6N2O/c1-9-3-4-11(10(2)7-9)22-12(24)23-6-5-13(8-23,14(16,17)18)15(19,20)21/h9-11H,3-8H2,1-2H3,(H,22,24)/t9-,10-,11+/m1/s1. The number of halogens is 6. The summed E-state index contributed by atoms with van der Waals surface area (Å²) in [6.07, 6.45) is -9.58. The van der Waals surface area contributed by atoms with Crippen molar-refractivity contribution < 1.29 is 31.1 Å². The van der Waals surface area contributed by atoms with Crippen LogP contribution in [-0.4, -0.2) is 42.4 Å². The lowest BCUT2D eigenvalue weighted by Crippen LogP contribution is -2.54. The smallest absolute Gasteiger partial charge is 0.335 e. The molecule has 0 spiro atoms. The number of likely N-dealkylation sites (tertiary alicyclic amines) is 1. The SMILES string of the molecule is C[C@@H]1CC[C@H](NC(=O)N2CCC(C(F)(F)F)(C(F)(F)F)C2)[C@H](C)C1. The van der Waals surface area contributed by atoms with E-state index >= 15 is 0 Å². The van der Waals surface area contributed by atoms with Crippen molar-refractivity contribution in [1.29, 1.82) is 0 Å². The van der Waals surface area contributed by atoms with Gasteiger partial charge in [-0.15, -0.1) is 0 Å². The summed E-state index contributed by atoms with van der Waals surface area (Å²) in [5, 5.41) is 2.62. The van der Waals surface area contributed by atoms with Crippen LogP contribution in [0.3, 0.4) is 0 Å². The first kappa shape index (κ1) is 19.2. The summed E-state index contributed by atoms with van der Waals surface area (Å²) in [6.45, 7) is 2.09. The summed E-state index contributed by atoms with van der Waals surface area (Å²) >= 11 is 0. The zero-order chi connectivity index (χ0) is 18.3. The largest absolute Gasteiger partial charge is 0.404 e. The van der Waals surface area contributed by atoms with E-state index in [0.29, 0.717) is 17.2 Å². The fraction of sp³-hybridized carbons (Fsp3) is 0.933. The third-order valence-corrected chi connectivity index (χ3v) is 5.38. The van der Waals surface area contributed by atoms with Crippen molar-refractivity contribution in [2.24, 2.45) is 17.3 Å². The highest BCUT2D eigenvalue weighted by molar-refractivity contribution is 5.75. The first-order valence-electron chi connectivity index (χ1n) is 8.06. The van der Waals surface area contributed by atoms with Gasteiger partial charge < -0.3 is 10.2 Å². The van der Waals surface area contributed by atoms with Crippen LogP contribution in [0.5, 0.6) is 0 Å². The van der Waals surface area contributed by atoms with Crippen LogP contribution in [0.4, 0.5) is 31.1 Å². The van der Waals surface area contributed by atoms with Crippen molar-refractivity contribution in [1.82, 2.24) is 10.2 Å². The Balaban J connectivity index is 2.05. The van der Waals surface area contributed by atoms with Gasteiger partial charge in [0.15, 0.2) is 5.41 Å². The molecule has 2 amide bonds. The van der Waals surface area contributed by atoms with E-state index in [1.165, 1.54) is 0 Å². The van der Waals surface area contributed by atoms with Gasteiger partial charge in [-0.25, -0.2) is 4.79 Å². The molecule has 24 heavy (non-hydrogen) atoms. The van der Waals surface area contributed by atoms with Gasteiger partial charge in [0.05, 0.1) is 0 Å². The fourth-order valence-corrected chi connectivity index (χ4v) is 3.74. The van der Waals surface area contributed by atoms with E-state index < -0.39 is 43.3 Å². The van der Waals surface area contributed by atoms with Crippen LogP contribution in [0.1, 0.15) is 39.5 Å². The van der Waals surface area contributed by atoms with Crippen molar-refractivity contribution >= 4 is 6.03 Å². The van der Waals surface area contributed by atoms with Crippen molar-refractivity contribution in [3.8, 4) is 0 Å².